The Morgan fingerprint density at radius 3 is 2.71 bits per heavy atom. The summed E-state index contributed by atoms with van der Waals surface area (Å²) in [7, 11) is 1.56. The van der Waals surface area contributed by atoms with E-state index in [9.17, 15) is 4.79 Å². The third-order valence-electron chi connectivity index (χ3n) is 11.0. The van der Waals surface area contributed by atoms with Gasteiger partial charge >= 0.3 is 5.97 Å². The van der Waals surface area contributed by atoms with Gasteiger partial charge in [0, 0.05) is 11.9 Å². The first kappa shape index (κ1) is 20.9. The predicted octanol–water partition coefficient (Wildman–Crippen LogP) is 5.63. The number of esters is 1. The fraction of sp³-hybridized carbons (Fsp3) is 0.621. The van der Waals surface area contributed by atoms with Gasteiger partial charge in [-0.2, -0.15) is 0 Å². The Kier molecular flexibility index (Phi) is 4.33. The number of rotatable bonds is 1. The van der Waals surface area contributed by atoms with Gasteiger partial charge in [0.25, 0.3) is 0 Å². The average Bonchev–Trinajstić information content (AvgIpc) is 3.37. The van der Waals surface area contributed by atoms with Crippen LogP contribution in [-0.2, 0) is 22.4 Å². The van der Waals surface area contributed by atoms with E-state index in [4.69, 9.17) is 14.7 Å². The van der Waals surface area contributed by atoms with Crippen LogP contribution in [0.5, 0.6) is 0 Å². The Hall–Kier alpha value is -2.43. The van der Waals surface area contributed by atoms with E-state index in [1.807, 2.05) is 0 Å². The lowest BCUT2D eigenvalue weighted by Gasteiger charge is -2.60. The van der Waals surface area contributed by atoms with Gasteiger partial charge in [0.2, 0.25) is 5.78 Å². The minimum atomic E-state index is 0.0255. The summed E-state index contributed by atoms with van der Waals surface area (Å²) in [5.41, 5.74) is 5.29. The van der Waals surface area contributed by atoms with Crippen LogP contribution in [0, 0.1) is 40.4 Å². The molecule has 2 heterocycles. The number of aromatic nitrogens is 3. The number of hydrogen-bond donors (Lipinski definition) is 0. The number of nitrogens with zero attached hydrogens (tertiary/aromatic N) is 3. The van der Waals surface area contributed by atoms with E-state index in [-0.39, 0.29) is 17.3 Å². The summed E-state index contributed by atoms with van der Waals surface area (Å²) in [6.07, 6.45) is 11.8. The zero-order valence-electron chi connectivity index (χ0n) is 20.6. The molecule has 0 saturated heterocycles. The zero-order chi connectivity index (χ0) is 23.2. The molecule has 0 spiro atoms. The first-order valence-corrected chi connectivity index (χ1v) is 13.3. The molecule has 0 radical (unpaired) electrons. The van der Waals surface area contributed by atoms with Crippen molar-refractivity contribution in [2.24, 2.45) is 40.4 Å². The summed E-state index contributed by atoms with van der Waals surface area (Å²) in [4.78, 5) is 22.5. The molecule has 2 aromatic heterocycles. The minimum Gasteiger partial charge on any atom is -0.469 e. The number of imidazole rings is 1. The summed E-state index contributed by atoms with van der Waals surface area (Å²) in [6, 6.07) is 8.36. The Morgan fingerprint density at radius 2 is 1.85 bits per heavy atom. The highest BCUT2D eigenvalue weighted by molar-refractivity contribution is 5.79. The standard InChI is InChI=1S/C29H35N3O2/c1-28-13-12-21-19(20(28)10-11-22(28)26(33)34-3)9-8-18-14-24-17(15-29(18,21)2)16-32-25-7-5-4-6-23(25)30-27(32)31-24/h4-7,16,18-22H,8-15H2,1-3H3/t18?,19?,20?,21?,22-,28+,29+/m1/s1. The second-order valence-corrected chi connectivity index (χ2v) is 12.2. The van der Waals surface area contributed by atoms with Crippen LogP contribution in [0.25, 0.3) is 16.8 Å². The minimum absolute atomic E-state index is 0.0255. The first-order valence-electron chi connectivity index (χ1n) is 13.3. The third-order valence-corrected chi connectivity index (χ3v) is 11.0. The maximum Gasteiger partial charge on any atom is 0.309 e. The molecule has 5 heteroatoms. The fourth-order valence-electron chi connectivity index (χ4n) is 9.30. The molecular formula is C29H35N3O2. The van der Waals surface area contributed by atoms with Crippen LogP contribution in [0.2, 0.25) is 0 Å². The highest BCUT2D eigenvalue weighted by Crippen LogP contribution is 2.67. The van der Waals surface area contributed by atoms with Gasteiger partial charge in [-0.15, -0.1) is 0 Å². The van der Waals surface area contributed by atoms with Crippen LogP contribution in [0.4, 0.5) is 0 Å². The third kappa shape index (κ3) is 2.64. The van der Waals surface area contributed by atoms with Crippen molar-refractivity contribution in [2.75, 3.05) is 7.11 Å². The van der Waals surface area contributed by atoms with Crippen LogP contribution in [0.1, 0.15) is 63.6 Å². The summed E-state index contributed by atoms with van der Waals surface area (Å²) >= 11 is 0. The summed E-state index contributed by atoms with van der Waals surface area (Å²) in [5, 5.41) is 0. The Morgan fingerprint density at radius 1 is 1.03 bits per heavy atom. The quantitative estimate of drug-likeness (QED) is 0.445. The summed E-state index contributed by atoms with van der Waals surface area (Å²) in [6.45, 7) is 4.99. The van der Waals surface area contributed by atoms with Gasteiger partial charge in [-0.3, -0.25) is 9.20 Å². The van der Waals surface area contributed by atoms with Gasteiger partial charge in [-0.1, -0.05) is 26.0 Å². The molecule has 7 atom stereocenters. The van der Waals surface area contributed by atoms with E-state index in [0.29, 0.717) is 17.3 Å². The normalized spacial score (nSPS) is 38.7. The fourth-order valence-corrected chi connectivity index (χ4v) is 9.30. The maximum atomic E-state index is 12.6. The molecule has 7 rings (SSSR count). The van der Waals surface area contributed by atoms with Crippen molar-refractivity contribution in [3.63, 3.8) is 0 Å². The molecule has 1 aromatic carbocycles. The number of methoxy groups -OCH3 is 1. The van der Waals surface area contributed by atoms with E-state index in [1.54, 1.807) is 7.11 Å². The lowest BCUT2D eigenvalue weighted by atomic mass is 9.45. The summed E-state index contributed by atoms with van der Waals surface area (Å²) in [5.74, 6) is 3.79. The molecule has 3 fully saturated rings. The van der Waals surface area contributed by atoms with E-state index >= 15 is 0 Å². The van der Waals surface area contributed by atoms with Gasteiger partial charge in [0.05, 0.1) is 24.1 Å². The van der Waals surface area contributed by atoms with Gasteiger partial charge in [-0.05, 0) is 104 Å². The molecule has 0 bridgehead atoms. The average molecular weight is 458 g/mol. The van der Waals surface area contributed by atoms with Gasteiger partial charge in [0.1, 0.15) is 0 Å². The molecule has 4 aliphatic carbocycles. The number of hydrogen-bond acceptors (Lipinski definition) is 4. The lowest BCUT2D eigenvalue weighted by molar-refractivity contribution is -0.154. The number of carbonyl (C=O) groups is 1. The highest BCUT2D eigenvalue weighted by Gasteiger charge is 2.61. The van der Waals surface area contributed by atoms with Crippen molar-refractivity contribution in [1.82, 2.24) is 14.4 Å². The van der Waals surface area contributed by atoms with Crippen molar-refractivity contribution in [2.45, 2.75) is 65.2 Å². The molecule has 3 saturated carbocycles. The largest absolute Gasteiger partial charge is 0.469 e. The topological polar surface area (TPSA) is 56.5 Å². The lowest BCUT2D eigenvalue weighted by Crippen LogP contribution is -2.54. The van der Waals surface area contributed by atoms with Crippen molar-refractivity contribution >= 4 is 22.8 Å². The van der Waals surface area contributed by atoms with Crippen molar-refractivity contribution < 1.29 is 9.53 Å². The zero-order valence-corrected chi connectivity index (χ0v) is 20.6. The second-order valence-electron chi connectivity index (χ2n) is 12.2. The SMILES string of the molecule is COC(=O)[C@H]1CCC2C3CCC4Cc5nc6nc7ccccc7n6cc5C[C@]4(C)C3CC[C@@]21C. The van der Waals surface area contributed by atoms with Gasteiger partial charge < -0.3 is 4.74 Å². The number of ether oxygens (including phenoxy) is 1. The smallest absolute Gasteiger partial charge is 0.309 e. The second kappa shape index (κ2) is 7.05. The molecule has 3 aromatic rings. The molecule has 4 unspecified atom stereocenters. The Labute approximate surface area is 201 Å². The number of carbonyl (C=O) groups excluding carboxylic acids is 1. The maximum absolute atomic E-state index is 12.6. The Balaban J connectivity index is 1.25. The first-order chi connectivity index (χ1) is 16.4. The van der Waals surface area contributed by atoms with Gasteiger partial charge in [0.15, 0.2) is 0 Å². The van der Waals surface area contributed by atoms with E-state index in [2.05, 4.69) is 48.7 Å². The van der Waals surface area contributed by atoms with E-state index < -0.39 is 0 Å². The number of benzene rings is 1. The van der Waals surface area contributed by atoms with Crippen LogP contribution >= 0.6 is 0 Å². The van der Waals surface area contributed by atoms with E-state index in [0.717, 1.165) is 54.3 Å². The van der Waals surface area contributed by atoms with Crippen LogP contribution < -0.4 is 0 Å². The van der Waals surface area contributed by atoms with Crippen LogP contribution in [0.15, 0.2) is 30.5 Å². The molecule has 4 aliphatic rings. The molecule has 5 nitrogen and oxygen atoms in total. The van der Waals surface area contributed by atoms with Gasteiger partial charge in [-0.25, -0.2) is 9.97 Å². The van der Waals surface area contributed by atoms with Crippen molar-refractivity contribution in [3.8, 4) is 0 Å². The van der Waals surface area contributed by atoms with E-state index in [1.165, 1.54) is 36.9 Å². The summed E-state index contributed by atoms with van der Waals surface area (Å²) < 4.78 is 7.44. The van der Waals surface area contributed by atoms with Crippen LogP contribution in [0.3, 0.4) is 0 Å². The molecule has 0 N–H and O–H groups in total. The molecule has 178 valence electrons. The molecule has 34 heavy (non-hydrogen) atoms. The van der Waals surface area contributed by atoms with Crippen molar-refractivity contribution in [1.29, 1.82) is 0 Å². The highest BCUT2D eigenvalue weighted by atomic mass is 16.5. The van der Waals surface area contributed by atoms with Crippen molar-refractivity contribution in [3.05, 3.63) is 41.7 Å². The number of para-hydroxylation sites is 2. The molecule has 0 aliphatic heterocycles. The Bertz CT molecular complexity index is 1310. The number of fused-ring (bicyclic) bond motifs is 9. The predicted molar refractivity (Wildman–Crippen MR) is 131 cm³/mol. The molecular weight excluding hydrogens is 422 g/mol. The molecule has 0 amide bonds. The monoisotopic (exact) mass is 457 g/mol. The van der Waals surface area contributed by atoms with Crippen LogP contribution in [-0.4, -0.2) is 27.4 Å².